The summed E-state index contributed by atoms with van der Waals surface area (Å²) in [6, 6.07) is -0.976. The maximum Gasteiger partial charge on any atom is 0.249 e. The molecular weight excluding hydrogens is 711 g/mol. The molecule has 10 nitrogen and oxygen atoms in total. The predicted octanol–water partition coefficient (Wildman–Crippen LogP) is 8.41. The molecule has 1 unspecified atom stereocenters. The lowest BCUT2D eigenvalue weighted by Gasteiger charge is -2.40. The Balaban J connectivity index is 2.37. The number of amides is 1. The fourth-order valence-corrected chi connectivity index (χ4v) is 7.47. The fraction of sp³-hybridized carbons (Fsp3) is 0.935. The quantitative estimate of drug-likeness (QED) is 0.0241. The largest absolute Gasteiger partial charge is 0.394 e. The van der Waals surface area contributed by atoms with Crippen molar-refractivity contribution in [3.8, 4) is 0 Å². The maximum absolute atomic E-state index is 13.0. The lowest BCUT2D eigenvalue weighted by Crippen LogP contribution is -2.60. The van der Waals surface area contributed by atoms with Crippen molar-refractivity contribution in [1.82, 2.24) is 5.32 Å². The third kappa shape index (κ3) is 26.8. The second-order valence-electron chi connectivity index (χ2n) is 17.7. The highest BCUT2D eigenvalue weighted by molar-refractivity contribution is 5.80. The molecule has 0 spiro atoms. The minimum absolute atomic E-state index is 0.303. The van der Waals surface area contributed by atoms with Gasteiger partial charge in [0, 0.05) is 0 Å². The lowest BCUT2D eigenvalue weighted by molar-refractivity contribution is -0.302. The van der Waals surface area contributed by atoms with Crippen molar-refractivity contribution in [3.63, 3.8) is 0 Å². The van der Waals surface area contributed by atoms with Gasteiger partial charge in [-0.05, 0) is 31.1 Å². The zero-order valence-electron chi connectivity index (χ0n) is 36.3. The highest BCUT2D eigenvalue weighted by atomic mass is 16.7. The van der Waals surface area contributed by atoms with Gasteiger partial charge in [-0.25, -0.2) is 0 Å². The molecule has 10 heteroatoms. The molecule has 0 aromatic rings. The van der Waals surface area contributed by atoms with Crippen LogP contribution < -0.4 is 5.32 Å². The van der Waals surface area contributed by atoms with Gasteiger partial charge in [-0.1, -0.05) is 194 Å². The molecule has 1 amide bonds. The van der Waals surface area contributed by atoms with Crippen LogP contribution in [0.3, 0.4) is 0 Å². The third-order valence-corrected chi connectivity index (χ3v) is 11.3. The minimum atomic E-state index is -1.61. The van der Waals surface area contributed by atoms with E-state index in [1.54, 1.807) is 6.08 Å². The third-order valence-electron chi connectivity index (χ3n) is 11.3. The standard InChI is InChI=1S/C46H89NO9/c1-36(2)30-26-22-18-14-11-9-7-5-6-8-10-12-16-21-25-29-33-40(50)45(54)47-38(35-55-46-44(53)43(52)42(51)41(34-48)56-46)39(49)32-28-24-20-17-13-15-19-23-27-31-37(3)4/h28,32,36-44,46,48-53H,5-27,29-31,33-35H2,1-4H3,(H,47,54)/b32-28+/t38-,39+,40?,41+,42+,43-,44+,46+/m0/s1. The van der Waals surface area contributed by atoms with E-state index in [0.717, 1.165) is 56.8 Å². The van der Waals surface area contributed by atoms with E-state index in [4.69, 9.17) is 9.47 Å². The van der Waals surface area contributed by atoms with Crippen molar-refractivity contribution >= 4 is 5.91 Å². The van der Waals surface area contributed by atoms with E-state index in [1.807, 2.05) is 6.08 Å². The molecular formula is C46H89NO9. The van der Waals surface area contributed by atoms with Crippen LogP contribution in [0, 0.1) is 11.8 Å². The number of hydrogen-bond acceptors (Lipinski definition) is 9. The van der Waals surface area contributed by atoms with Crippen molar-refractivity contribution in [3.05, 3.63) is 12.2 Å². The topological polar surface area (TPSA) is 169 Å². The minimum Gasteiger partial charge on any atom is -0.394 e. The summed E-state index contributed by atoms with van der Waals surface area (Å²) in [5, 5.41) is 64.6. The first kappa shape index (κ1) is 52.9. The van der Waals surface area contributed by atoms with Crippen molar-refractivity contribution < 1.29 is 44.9 Å². The van der Waals surface area contributed by atoms with Crippen molar-refractivity contribution in [2.75, 3.05) is 13.2 Å². The van der Waals surface area contributed by atoms with Crippen LogP contribution in [0.15, 0.2) is 12.2 Å². The van der Waals surface area contributed by atoms with Crippen LogP contribution in [-0.4, -0.2) is 98.7 Å². The normalized spacial score (nSPS) is 22.0. The highest BCUT2D eigenvalue weighted by Gasteiger charge is 2.44. The summed E-state index contributed by atoms with van der Waals surface area (Å²) in [5.74, 6) is 0.985. The van der Waals surface area contributed by atoms with Crippen molar-refractivity contribution in [2.24, 2.45) is 11.8 Å². The van der Waals surface area contributed by atoms with Gasteiger partial charge in [0.25, 0.3) is 0 Å². The Hall–Kier alpha value is -1.11. The van der Waals surface area contributed by atoms with Crippen molar-refractivity contribution in [2.45, 2.75) is 250 Å². The Labute approximate surface area is 342 Å². The first-order chi connectivity index (χ1) is 27.0. The summed E-state index contributed by atoms with van der Waals surface area (Å²) in [6.45, 7) is 8.25. The number of carbonyl (C=O) groups excluding carboxylic acids is 1. The monoisotopic (exact) mass is 800 g/mol. The first-order valence-corrected chi connectivity index (χ1v) is 23.2. The van der Waals surface area contributed by atoms with Crippen molar-refractivity contribution in [1.29, 1.82) is 0 Å². The van der Waals surface area contributed by atoms with Crippen LogP contribution in [0.2, 0.25) is 0 Å². The summed E-state index contributed by atoms with van der Waals surface area (Å²) in [4.78, 5) is 13.0. The number of carbonyl (C=O) groups is 1. The molecule has 0 radical (unpaired) electrons. The lowest BCUT2D eigenvalue weighted by atomic mass is 9.99. The molecule has 0 aliphatic carbocycles. The molecule has 0 saturated carbocycles. The number of allylic oxidation sites excluding steroid dienone is 1. The Kier molecular flexibility index (Phi) is 32.8. The summed E-state index contributed by atoms with van der Waals surface area (Å²) in [6.07, 6.45) is 26.0. The van der Waals surface area contributed by atoms with Gasteiger partial charge in [0.15, 0.2) is 6.29 Å². The average Bonchev–Trinajstić information content (AvgIpc) is 3.17. The van der Waals surface area contributed by atoms with E-state index >= 15 is 0 Å². The van der Waals surface area contributed by atoms with Gasteiger partial charge in [0.2, 0.25) is 5.91 Å². The molecule has 1 heterocycles. The van der Waals surface area contributed by atoms with Gasteiger partial charge >= 0.3 is 0 Å². The SMILES string of the molecule is CC(C)CCCCCCCCC/C=C/[C@@H](O)[C@H](CO[C@@H]1O[C@H](CO)[C@@H](O)[C@H](O)[C@H]1O)NC(=O)C(O)CCCCCCCCCCCCCCCCCCC(C)C. The highest BCUT2D eigenvalue weighted by Crippen LogP contribution is 2.23. The number of unbranched alkanes of at least 4 members (excludes halogenated alkanes) is 22. The summed E-state index contributed by atoms with van der Waals surface area (Å²) < 4.78 is 11.1. The molecule has 1 aliphatic rings. The number of aliphatic hydroxyl groups excluding tert-OH is 6. The summed E-state index contributed by atoms with van der Waals surface area (Å²) in [7, 11) is 0. The summed E-state index contributed by atoms with van der Waals surface area (Å²) in [5.41, 5.74) is 0. The summed E-state index contributed by atoms with van der Waals surface area (Å²) >= 11 is 0. The average molecular weight is 800 g/mol. The maximum atomic E-state index is 13.0. The molecule has 1 aliphatic heterocycles. The van der Waals surface area contributed by atoms with Gasteiger partial charge in [-0.15, -0.1) is 0 Å². The van der Waals surface area contributed by atoms with E-state index in [9.17, 15) is 35.4 Å². The Bertz CT molecular complexity index is 932. The Morgan fingerprint density at radius 1 is 0.607 bits per heavy atom. The van der Waals surface area contributed by atoms with Gasteiger partial charge in [-0.2, -0.15) is 0 Å². The Morgan fingerprint density at radius 2 is 1.02 bits per heavy atom. The first-order valence-electron chi connectivity index (χ1n) is 23.2. The van der Waals surface area contributed by atoms with E-state index in [2.05, 4.69) is 33.0 Å². The molecule has 1 fully saturated rings. The van der Waals surface area contributed by atoms with Gasteiger partial charge < -0.3 is 45.4 Å². The smallest absolute Gasteiger partial charge is 0.249 e. The van der Waals surface area contributed by atoms with Crippen LogP contribution in [0.25, 0.3) is 0 Å². The van der Waals surface area contributed by atoms with E-state index in [1.165, 1.54) is 122 Å². The molecule has 0 bridgehead atoms. The van der Waals surface area contributed by atoms with E-state index < -0.39 is 61.5 Å². The second kappa shape index (κ2) is 34.7. The number of ether oxygens (including phenoxy) is 2. The molecule has 0 aromatic carbocycles. The molecule has 1 saturated heterocycles. The van der Waals surface area contributed by atoms with Crippen LogP contribution in [0.5, 0.6) is 0 Å². The number of hydrogen-bond donors (Lipinski definition) is 7. The zero-order chi connectivity index (χ0) is 41.4. The van der Waals surface area contributed by atoms with Crippen LogP contribution in [0.1, 0.15) is 201 Å². The van der Waals surface area contributed by atoms with E-state index in [-0.39, 0.29) is 6.61 Å². The second-order valence-corrected chi connectivity index (χ2v) is 17.7. The van der Waals surface area contributed by atoms with Crippen LogP contribution in [-0.2, 0) is 14.3 Å². The fourth-order valence-electron chi connectivity index (χ4n) is 7.47. The predicted molar refractivity (Wildman–Crippen MR) is 227 cm³/mol. The molecule has 0 aromatic heterocycles. The molecule has 56 heavy (non-hydrogen) atoms. The molecule has 332 valence electrons. The van der Waals surface area contributed by atoms with E-state index in [0.29, 0.717) is 6.42 Å². The number of nitrogens with one attached hydrogen (secondary N) is 1. The van der Waals surface area contributed by atoms with Gasteiger partial charge in [0.1, 0.15) is 30.5 Å². The van der Waals surface area contributed by atoms with Crippen LogP contribution in [0.4, 0.5) is 0 Å². The van der Waals surface area contributed by atoms with Gasteiger partial charge in [-0.3, -0.25) is 4.79 Å². The van der Waals surface area contributed by atoms with Crippen LogP contribution >= 0.6 is 0 Å². The molecule has 1 rings (SSSR count). The van der Waals surface area contributed by atoms with Gasteiger partial charge in [0.05, 0.1) is 25.4 Å². The molecule has 7 N–H and O–H groups in total. The number of rotatable bonds is 37. The number of aliphatic hydroxyl groups is 6. The Morgan fingerprint density at radius 3 is 1.45 bits per heavy atom. The zero-order valence-corrected chi connectivity index (χ0v) is 36.3. The molecule has 8 atom stereocenters.